The van der Waals surface area contributed by atoms with Crippen molar-refractivity contribution >= 4 is 21.7 Å². The van der Waals surface area contributed by atoms with Crippen LogP contribution >= 0.6 is 0 Å². The Hall–Kier alpha value is -1.56. The van der Waals surface area contributed by atoms with Crippen LogP contribution in [-0.2, 0) is 16.4 Å². The molecule has 0 fully saturated rings. The predicted molar refractivity (Wildman–Crippen MR) is 87.0 cm³/mol. The standard InChI is InChI=1S/C16H23NO4S/c1-2-3-6-11-22(20,21)17-10-5-4-7-13-8-9-14(16(18)19)12-15(13)17/h8-9,12H,2-7,10-11H2,1H3,(H,18,19). The number of benzene rings is 1. The fourth-order valence-corrected chi connectivity index (χ4v) is 4.43. The number of hydrogen-bond donors (Lipinski definition) is 1. The molecule has 0 atom stereocenters. The van der Waals surface area contributed by atoms with Crippen LogP contribution in [0.4, 0.5) is 5.69 Å². The van der Waals surface area contributed by atoms with Crippen molar-refractivity contribution in [3.05, 3.63) is 29.3 Å². The molecule has 1 aromatic carbocycles. The van der Waals surface area contributed by atoms with Crippen LogP contribution in [0.1, 0.15) is 54.9 Å². The Morgan fingerprint density at radius 1 is 1.27 bits per heavy atom. The highest BCUT2D eigenvalue weighted by Crippen LogP contribution is 2.30. The molecule has 1 N–H and O–H groups in total. The van der Waals surface area contributed by atoms with Crippen LogP contribution in [0.3, 0.4) is 0 Å². The number of sulfonamides is 1. The number of aromatic carboxylic acids is 1. The number of anilines is 1. The molecule has 1 aliphatic heterocycles. The van der Waals surface area contributed by atoms with E-state index >= 15 is 0 Å². The number of aryl methyl sites for hydroxylation is 1. The number of carboxylic acid groups (broad SMARTS) is 1. The number of nitrogens with zero attached hydrogens (tertiary/aromatic N) is 1. The minimum atomic E-state index is -3.39. The fraction of sp³-hybridized carbons (Fsp3) is 0.562. The molecular formula is C16H23NO4S. The molecular weight excluding hydrogens is 302 g/mol. The summed E-state index contributed by atoms with van der Waals surface area (Å²) in [5.41, 5.74) is 1.60. The van der Waals surface area contributed by atoms with Gasteiger partial charge in [0.2, 0.25) is 10.0 Å². The van der Waals surface area contributed by atoms with Crippen LogP contribution in [0.25, 0.3) is 0 Å². The van der Waals surface area contributed by atoms with E-state index in [0.29, 0.717) is 18.7 Å². The Labute approximate surface area is 132 Å². The summed E-state index contributed by atoms with van der Waals surface area (Å²) in [6.45, 7) is 2.47. The number of rotatable bonds is 6. The second-order valence-electron chi connectivity index (χ2n) is 5.70. The van der Waals surface area contributed by atoms with Gasteiger partial charge in [-0.25, -0.2) is 13.2 Å². The highest BCUT2D eigenvalue weighted by Gasteiger charge is 2.26. The molecule has 0 spiro atoms. The largest absolute Gasteiger partial charge is 0.478 e. The summed E-state index contributed by atoms with van der Waals surface area (Å²) in [6, 6.07) is 4.80. The Balaban J connectivity index is 2.37. The maximum absolute atomic E-state index is 12.6. The van der Waals surface area contributed by atoms with Crippen LogP contribution in [0.2, 0.25) is 0 Å². The second kappa shape index (κ2) is 7.13. The monoisotopic (exact) mass is 325 g/mol. The van der Waals surface area contributed by atoms with Gasteiger partial charge in [-0.15, -0.1) is 0 Å². The number of unbranched alkanes of at least 4 members (excludes halogenated alkanes) is 2. The van der Waals surface area contributed by atoms with E-state index in [-0.39, 0.29) is 11.3 Å². The lowest BCUT2D eigenvalue weighted by molar-refractivity contribution is 0.0697. The maximum atomic E-state index is 12.6. The smallest absolute Gasteiger partial charge is 0.335 e. The SMILES string of the molecule is CCCCCS(=O)(=O)N1CCCCc2ccc(C(=O)O)cc21. The second-order valence-corrected chi connectivity index (χ2v) is 7.71. The van der Waals surface area contributed by atoms with Crippen molar-refractivity contribution in [1.82, 2.24) is 0 Å². The number of carbonyl (C=O) groups is 1. The molecule has 0 radical (unpaired) electrons. The first-order valence-corrected chi connectivity index (χ1v) is 9.43. The molecule has 22 heavy (non-hydrogen) atoms. The summed E-state index contributed by atoms with van der Waals surface area (Å²) in [4.78, 5) is 11.2. The number of fused-ring (bicyclic) bond motifs is 1. The van der Waals surface area contributed by atoms with Crippen molar-refractivity contribution in [2.24, 2.45) is 0 Å². The van der Waals surface area contributed by atoms with Crippen molar-refractivity contribution in [3.8, 4) is 0 Å². The van der Waals surface area contributed by atoms with Crippen LogP contribution in [0, 0.1) is 0 Å². The van der Waals surface area contributed by atoms with E-state index in [1.807, 2.05) is 6.92 Å². The van der Waals surface area contributed by atoms with Crippen molar-refractivity contribution in [2.75, 3.05) is 16.6 Å². The maximum Gasteiger partial charge on any atom is 0.335 e. The zero-order valence-corrected chi connectivity index (χ0v) is 13.7. The van der Waals surface area contributed by atoms with Gasteiger partial charge in [0.1, 0.15) is 0 Å². The molecule has 122 valence electrons. The lowest BCUT2D eigenvalue weighted by Gasteiger charge is -2.25. The van der Waals surface area contributed by atoms with Gasteiger partial charge in [0.05, 0.1) is 17.0 Å². The topological polar surface area (TPSA) is 74.7 Å². The summed E-state index contributed by atoms with van der Waals surface area (Å²) < 4.78 is 26.7. The van der Waals surface area contributed by atoms with Gasteiger partial charge >= 0.3 is 5.97 Å². The van der Waals surface area contributed by atoms with Gasteiger partial charge < -0.3 is 5.11 Å². The first-order chi connectivity index (χ1) is 10.5. The van der Waals surface area contributed by atoms with Crippen molar-refractivity contribution in [1.29, 1.82) is 0 Å². The summed E-state index contributed by atoms with van der Waals surface area (Å²) in [6.07, 6.45) is 4.99. The molecule has 1 aromatic rings. The van der Waals surface area contributed by atoms with Crippen LogP contribution in [-0.4, -0.2) is 31.8 Å². The van der Waals surface area contributed by atoms with E-state index in [1.54, 1.807) is 12.1 Å². The minimum absolute atomic E-state index is 0.123. The molecule has 6 heteroatoms. The molecule has 5 nitrogen and oxygen atoms in total. The summed E-state index contributed by atoms with van der Waals surface area (Å²) in [7, 11) is -3.39. The Morgan fingerprint density at radius 2 is 2.05 bits per heavy atom. The molecule has 2 rings (SSSR count). The van der Waals surface area contributed by atoms with E-state index < -0.39 is 16.0 Å². The van der Waals surface area contributed by atoms with Crippen LogP contribution < -0.4 is 4.31 Å². The van der Waals surface area contributed by atoms with Gasteiger partial charge in [-0.2, -0.15) is 0 Å². The summed E-state index contributed by atoms with van der Waals surface area (Å²) in [5.74, 6) is -0.909. The van der Waals surface area contributed by atoms with Crippen LogP contribution in [0.5, 0.6) is 0 Å². The first-order valence-electron chi connectivity index (χ1n) is 7.82. The summed E-state index contributed by atoms with van der Waals surface area (Å²) >= 11 is 0. The molecule has 0 saturated carbocycles. The van der Waals surface area contributed by atoms with Gasteiger partial charge in [-0.05, 0) is 43.4 Å². The zero-order chi connectivity index (χ0) is 16.2. The van der Waals surface area contributed by atoms with E-state index in [4.69, 9.17) is 5.11 Å². The normalized spacial score (nSPS) is 15.2. The van der Waals surface area contributed by atoms with E-state index in [0.717, 1.165) is 37.7 Å². The third-order valence-electron chi connectivity index (χ3n) is 4.00. The molecule has 1 aliphatic rings. The predicted octanol–water partition coefficient (Wildman–Crippen LogP) is 3.05. The molecule has 1 heterocycles. The van der Waals surface area contributed by atoms with Crippen molar-refractivity contribution < 1.29 is 18.3 Å². The average molecular weight is 325 g/mol. The molecule has 0 aliphatic carbocycles. The highest BCUT2D eigenvalue weighted by atomic mass is 32.2. The van der Waals surface area contributed by atoms with Gasteiger partial charge in [-0.3, -0.25) is 4.31 Å². The van der Waals surface area contributed by atoms with Crippen molar-refractivity contribution in [3.63, 3.8) is 0 Å². The van der Waals surface area contributed by atoms with Gasteiger partial charge in [0.15, 0.2) is 0 Å². The number of carboxylic acids is 1. The minimum Gasteiger partial charge on any atom is -0.478 e. The molecule has 0 unspecified atom stereocenters. The lowest BCUT2D eigenvalue weighted by Crippen LogP contribution is -2.34. The highest BCUT2D eigenvalue weighted by molar-refractivity contribution is 7.92. The van der Waals surface area contributed by atoms with E-state index in [1.165, 1.54) is 10.4 Å². The molecule has 0 amide bonds. The zero-order valence-electron chi connectivity index (χ0n) is 12.9. The van der Waals surface area contributed by atoms with E-state index in [9.17, 15) is 13.2 Å². The molecule has 0 aromatic heterocycles. The quantitative estimate of drug-likeness (QED) is 0.816. The van der Waals surface area contributed by atoms with Crippen molar-refractivity contribution in [2.45, 2.75) is 45.4 Å². The van der Waals surface area contributed by atoms with Gasteiger partial charge in [0.25, 0.3) is 0 Å². The lowest BCUT2D eigenvalue weighted by atomic mass is 10.1. The number of hydrogen-bond acceptors (Lipinski definition) is 3. The van der Waals surface area contributed by atoms with E-state index in [2.05, 4.69) is 0 Å². The van der Waals surface area contributed by atoms with Gasteiger partial charge in [0, 0.05) is 6.54 Å². The third-order valence-corrected chi connectivity index (χ3v) is 5.86. The first kappa shape index (κ1) is 16.8. The molecule has 0 bridgehead atoms. The molecule has 0 saturated heterocycles. The average Bonchev–Trinajstić information content (AvgIpc) is 2.69. The van der Waals surface area contributed by atoms with Gasteiger partial charge in [-0.1, -0.05) is 25.8 Å². The third kappa shape index (κ3) is 3.80. The Kier molecular flexibility index (Phi) is 5.45. The fourth-order valence-electron chi connectivity index (χ4n) is 2.77. The Morgan fingerprint density at radius 3 is 2.73 bits per heavy atom. The van der Waals surface area contributed by atoms with Crippen LogP contribution in [0.15, 0.2) is 18.2 Å². The summed E-state index contributed by atoms with van der Waals surface area (Å²) in [5, 5.41) is 9.15. The Bertz CT molecular complexity index is 640.